The second kappa shape index (κ2) is 12.5. The number of hydrogen-bond donors (Lipinski definition) is 4. The van der Waals surface area contributed by atoms with Crippen LogP contribution in [0.5, 0.6) is 0 Å². The molecule has 0 bridgehead atoms. The van der Waals surface area contributed by atoms with Crippen LogP contribution in [-0.4, -0.2) is 23.3 Å². The number of hydrogen-bond acceptors (Lipinski definition) is 4. The summed E-state index contributed by atoms with van der Waals surface area (Å²) in [5.41, 5.74) is 2.22. The summed E-state index contributed by atoms with van der Waals surface area (Å²) >= 11 is 7.90. The Balaban J connectivity index is 0.000000191. The summed E-state index contributed by atoms with van der Waals surface area (Å²) in [6, 6.07) is 28.9. The van der Waals surface area contributed by atoms with E-state index < -0.39 is 0 Å². The molecule has 0 spiro atoms. The molecule has 176 valence electrons. The van der Waals surface area contributed by atoms with Crippen molar-refractivity contribution in [3.8, 4) is 0 Å². The number of nitrogens with one attached hydrogen (secondary N) is 2. The van der Waals surface area contributed by atoms with Gasteiger partial charge in [-0.2, -0.15) is 25.3 Å². The molecule has 0 saturated carbocycles. The molecule has 0 aliphatic rings. The van der Waals surface area contributed by atoms with Crippen molar-refractivity contribution in [2.75, 3.05) is 11.5 Å². The fraction of sp³-hybridized carbons (Fsp3) is 0.214. The van der Waals surface area contributed by atoms with Gasteiger partial charge >= 0.3 is 0 Å². The van der Waals surface area contributed by atoms with E-state index in [0.29, 0.717) is 0 Å². The van der Waals surface area contributed by atoms with E-state index in [2.05, 4.69) is 84.4 Å². The molecular formula is C28H30N2O2S2. The van der Waals surface area contributed by atoms with Gasteiger partial charge in [0.25, 0.3) is 0 Å². The minimum Gasteiger partial charge on any atom is -0.349 e. The van der Waals surface area contributed by atoms with Crippen molar-refractivity contribution in [2.45, 2.75) is 25.9 Å². The predicted molar refractivity (Wildman–Crippen MR) is 149 cm³/mol. The summed E-state index contributed by atoms with van der Waals surface area (Å²) < 4.78 is 0. The van der Waals surface area contributed by atoms with Gasteiger partial charge in [-0.3, -0.25) is 9.59 Å². The summed E-state index contributed by atoms with van der Waals surface area (Å²) in [4.78, 5) is 22.5. The molecule has 0 saturated heterocycles. The Bertz CT molecular complexity index is 1180. The Morgan fingerprint density at radius 2 is 0.971 bits per heavy atom. The minimum absolute atomic E-state index is 0.0132. The largest absolute Gasteiger partial charge is 0.349 e. The lowest BCUT2D eigenvalue weighted by molar-refractivity contribution is -0.120. The molecule has 4 nitrogen and oxygen atoms in total. The van der Waals surface area contributed by atoms with Crippen LogP contribution < -0.4 is 10.6 Å². The van der Waals surface area contributed by atoms with Gasteiger partial charge in [0.1, 0.15) is 0 Å². The SMILES string of the molecule is C[C@@H](NC(=O)CS)c1ccc2ccccc2c1.C[C@@H](NC(=O)CS)c1ccc2ccccc2c1. The Kier molecular flexibility index (Phi) is 9.42. The quantitative estimate of drug-likeness (QED) is 0.255. The lowest BCUT2D eigenvalue weighted by Gasteiger charge is -2.14. The maximum absolute atomic E-state index is 11.3. The molecule has 0 aliphatic heterocycles. The number of amides is 2. The zero-order chi connectivity index (χ0) is 24.5. The predicted octanol–water partition coefficient (Wildman–Crippen LogP) is 5.89. The highest BCUT2D eigenvalue weighted by atomic mass is 32.1. The van der Waals surface area contributed by atoms with Gasteiger partial charge in [0, 0.05) is 0 Å². The van der Waals surface area contributed by atoms with Crippen molar-refractivity contribution < 1.29 is 9.59 Å². The van der Waals surface area contributed by atoms with E-state index >= 15 is 0 Å². The first-order valence-electron chi connectivity index (χ1n) is 11.2. The Hall–Kier alpha value is -2.96. The van der Waals surface area contributed by atoms with Crippen LogP contribution in [0.1, 0.15) is 37.1 Å². The Labute approximate surface area is 212 Å². The van der Waals surface area contributed by atoms with Crippen LogP contribution in [-0.2, 0) is 9.59 Å². The molecule has 4 aromatic rings. The maximum atomic E-state index is 11.3. The van der Waals surface area contributed by atoms with Gasteiger partial charge < -0.3 is 10.6 Å². The highest BCUT2D eigenvalue weighted by Crippen LogP contribution is 2.21. The lowest BCUT2D eigenvalue weighted by Crippen LogP contribution is -2.27. The van der Waals surface area contributed by atoms with Gasteiger partial charge in [0.15, 0.2) is 0 Å². The maximum Gasteiger partial charge on any atom is 0.230 e. The van der Waals surface area contributed by atoms with Gasteiger partial charge in [0.05, 0.1) is 23.6 Å². The van der Waals surface area contributed by atoms with Crippen molar-refractivity contribution in [2.24, 2.45) is 0 Å². The molecule has 0 radical (unpaired) electrons. The number of benzene rings is 4. The van der Waals surface area contributed by atoms with Gasteiger partial charge in [-0.1, -0.05) is 72.8 Å². The van der Waals surface area contributed by atoms with Crippen LogP contribution in [0.25, 0.3) is 21.5 Å². The number of fused-ring (bicyclic) bond motifs is 2. The van der Waals surface area contributed by atoms with Crippen LogP contribution in [0.2, 0.25) is 0 Å². The number of rotatable bonds is 6. The fourth-order valence-electron chi connectivity index (χ4n) is 3.70. The summed E-state index contributed by atoms with van der Waals surface area (Å²) in [6.45, 7) is 3.96. The van der Waals surface area contributed by atoms with Crippen molar-refractivity contribution >= 4 is 58.6 Å². The minimum atomic E-state index is -0.0472. The molecule has 6 heteroatoms. The zero-order valence-electron chi connectivity index (χ0n) is 19.4. The Morgan fingerprint density at radius 1 is 0.618 bits per heavy atom. The van der Waals surface area contributed by atoms with Crippen LogP contribution >= 0.6 is 25.3 Å². The van der Waals surface area contributed by atoms with Crippen molar-refractivity contribution in [3.63, 3.8) is 0 Å². The Morgan fingerprint density at radius 3 is 1.32 bits per heavy atom. The van der Waals surface area contributed by atoms with Crippen molar-refractivity contribution in [3.05, 3.63) is 96.1 Å². The smallest absolute Gasteiger partial charge is 0.230 e. The summed E-state index contributed by atoms with van der Waals surface area (Å²) in [5.74, 6) is 0.346. The highest BCUT2D eigenvalue weighted by molar-refractivity contribution is 7.81. The van der Waals surface area contributed by atoms with Crippen molar-refractivity contribution in [1.29, 1.82) is 0 Å². The van der Waals surface area contributed by atoms with E-state index in [1.807, 2.05) is 50.2 Å². The summed E-state index contributed by atoms with van der Waals surface area (Å²) in [6.07, 6.45) is 0. The molecule has 2 N–H and O–H groups in total. The van der Waals surface area contributed by atoms with Gasteiger partial charge in [-0.15, -0.1) is 0 Å². The molecule has 4 rings (SSSR count). The highest BCUT2D eigenvalue weighted by Gasteiger charge is 2.09. The van der Waals surface area contributed by atoms with E-state index in [4.69, 9.17) is 0 Å². The number of thiol groups is 2. The van der Waals surface area contributed by atoms with E-state index in [1.165, 1.54) is 21.5 Å². The van der Waals surface area contributed by atoms with Gasteiger partial charge in [-0.05, 0) is 58.7 Å². The molecule has 0 aromatic heterocycles. The topological polar surface area (TPSA) is 58.2 Å². The average molecular weight is 491 g/mol. The third-order valence-corrected chi connectivity index (χ3v) is 6.16. The number of carbonyl (C=O) groups excluding carboxylic acids is 2. The fourth-order valence-corrected chi connectivity index (χ4v) is 3.88. The van der Waals surface area contributed by atoms with Crippen molar-refractivity contribution in [1.82, 2.24) is 10.6 Å². The van der Waals surface area contributed by atoms with Crippen LogP contribution in [0.4, 0.5) is 0 Å². The molecule has 0 heterocycles. The summed E-state index contributed by atoms with van der Waals surface area (Å²) in [5, 5.41) is 10.6. The molecule has 4 aromatic carbocycles. The normalized spacial score (nSPS) is 12.4. The zero-order valence-corrected chi connectivity index (χ0v) is 21.2. The van der Waals surface area contributed by atoms with E-state index in [1.54, 1.807) is 0 Å². The lowest BCUT2D eigenvalue weighted by atomic mass is 10.0. The number of carbonyl (C=O) groups is 2. The van der Waals surface area contributed by atoms with Gasteiger partial charge in [0.2, 0.25) is 11.8 Å². The third kappa shape index (κ3) is 7.02. The van der Waals surface area contributed by atoms with Crippen LogP contribution in [0.3, 0.4) is 0 Å². The molecular weight excluding hydrogens is 460 g/mol. The molecule has 0 fully saturated rings. The third-order valence-electron chi connectivity index (χ3n) is 5.59. The summed E-state index contributed by atoms with van der Waals surface area (Å²) in [7, 11) is 0. The monoisotopic (exact) mass is 490 g/mol. The van der Waals surface area contributed by atoms with Crippen LogP contribution in [0.15, 0.2) is 84.9 Å². The van der Waals surface area contributed by atoms with Gasteiger partial charge in [-0.25, -0.2) is 0 Å². The van der Waals surface area contributed by atoms with Crippen LogP contribution in [0, 0.1) is 0 Å². The second-order valence-electron chi connectivity index (χ2n) is 8.11. The molecule has 34 heavy (non-hydrogen) atoms. The average Bonchev–Trinajstić information content (AvgIpc) is 2.88. The van der Waals surface area contributed by atoms with E-state index in [9.17, 15) is 9.59 Å². The first kappa shape index (κ1) is 25.7. The standard InChI is InChI=1S/2C14H15NOS/c2*1-10(15-14(16)9-17)12-7-6-11-4-2-3-5-13(11)8-12/h2*2-8,10,17H,9H2,1H3,(H,15,16)/t2*10-/m11/s1. The molecule has 2 amide bonds. The molecule has 0 unspecified atom stereocenters. The first-order chi connectivity index (χ1) is 16.4. The van der Waals surface area contributed by atoms with E-state index in [-0.39, 0.29) is 35.4 Å². The van der Waals surface area contributed by atoms with E-state index in [0.717, 1.165) is 11.1 Å². The first-order valence-corrected chi connectivity index (χ1v) is 12.5. The second-order valence-corrected chi connectivity index (χ2v) is 8.74. The molecule has 2 atom stereocenters. The molecule has 0 aliphatic carbocycles.